The van der Waals surface area contributed by atoms with Crippen LogP contribution in [-0.4, -0.2) is 79.0 Å². The number of carbonyl (C=O) groups is 7. The number of benzene rings is 2. The van der Waals surface area contributed by atoms with Gasteiger partial charge < -0.3 is 29.6 Å². The molecule has 0 aliphatic heterocycles. The van der Waals surface area contributed by atoms with Crippen LogP contribution in [0.1, 0.15) is 166 Å². The first kappa shape index (κ1) is 55.5. The molecule has 0 heterocycles. The Morgan fingerprint density at radius 1 is 0.508 bits per heavy atom. The summed E-state index contributed by atoms with van der Waals surface area (Å²) in [4.78, 5) is 87.1. The third-order valence-corrected chi connectivity index (χ3v) is 9.93. The maximum atomic E-state index is 12.9. The van der Waals surface area contributed by atoms with Gasteiger partial charge >= 0.3 is 23.9 Å². The highest BCUT2D eigenvalue weighted by molar-refractivity contribution is 6.13. The van der Waals surface area contributed by atoms with Gasteiger partial charge in [0.25, 0.3) is 0 Å². The number of hydrogen-bond acceptors (Lipinski definition) is 11. The van der Waals surface area contributed by atoms with Gasteiger partial charge in [0.15, 0.2) is 5.78 Å². The molecule has 0 saturated heterocycles. The van der Waals surface area contributed by atoms with Gasteiger partial charge in [-0.05, 0) is 83.1 Å². The van der Waals surface area contributed by atoms with Crippen molar-refractivity contribution in [3.8, 4) is 11.8 Å². The average molecular weight is 877 g/mol. The minimum absolute atomic E-state index is 0.0282. The normalized spacial score (nSPS) is 10.8. The third-order valence-electron chi connectivity index (χ3n) is 9.93. The fourth-order valence-electron chi connectivity index (χ4n) is 6.65. The van der Waals surface area contributed by atoms with Gasteiger partial charge in [-0.25, -0.2) is 19.2 Å². The van der Waals surface area contributed by atoms with E-state index < -0.39 is 59.0 Å². The van der Waals surface area contributed by atoms with Crippen molar-refractivity contribution in [2.24, 2.45) is 0 Å². The van der Waals surface area contributed by atoms with Crippen LogP contribution in [0, 0.1) is 11.8 Å². The standard InChI is InChI=1S/C25H33NO6.C25H39NO5/c1-5-8-9-10-11-12-13-20-14-16-21(17-15-20)22(28)18-25(26-19(4)27,23(29)31-6-2)24(30)32-7-3;1-5-8-9-10-11-12-13-21-14-16-22(17-15-21)18-19-25(26-20(4)27,23(28)30-6-2)24(29)31-7-3/h14-17H,5-11,18H2,1-4H3,(H,26,27);14-17H,5-13,18-19H2,1-4H3,(H,26,27). The van der Waals surface area contributed by atoms with Crippen molar-refractivity contribution in [1.82, 2.24) is 10.6 Å². The fourth-order valence-corrected chi connectivity index (χ4v) is 6.65. The molecule has 2 aromatic carbocycles. The van der Waals surface area contributed by atoms with E-state index in [-0.39, 0.29) is 38.4 Å². The zero-order chi connectivity index (χ0) is 47.1. The van der Waals surface area contributed by atoms with E-state index in [9.17, 15) is 33.6 Å². The summed E-state index contributed by atoms with van der Waals surface area (Å²) in [5.41, 5.74) is -0.776. The summed E-state index contributed by atoms with van der Waals surface area (Å²) in [5.74, 6) is 0.873. The van der Waals surface area contributed by atoms with Crippen molar-refractivity contribution < 1.29 is 52.5 Å². The Morgan fingerprint density at radius 2 is 0.921 bits per heavy atom. The van der Waals surface area contributed by atoms with Gasteiger partial charge in [-0.2, -0.15) is 0 Å². The Morgan fingerprint density at radius 3 is 1.38 bits per heavy atom. The third kappa shape index (κ3) is 20.0. The summed E-state index contributed by atoms with van der Waals surface area (Å²) >= 11 is 0. The minimum Gasteiger partial charge on any atom is -0.464 e. The lowest BCUT2D eigenvalue weighted by Crippen LogP contribution is -2.62. The summed E-state index contributed by atoms with van der Waals surface area (Å²) in [6, 6.07) is 14.8. The Hall–Kier alpha value is -5.51. The van der Waals surface area contributed by atoms with E-state index in [4.69, 9.17) is 18.9 Å². The predicted molar refractivity (Wildman–Crippen MR) is 242 cm³/mol. The van der Waals surface area contributed by atoms with E-state index in [0.717, 1.165) is 43.7 Å². The lowest BCUT2D eigenvalue weighted by atomic mass is 9.89. The molecule has 0 bridgehead atoms. The van der Waals surface area contributed by atoms with Gasteiger partial charge in [-0.3, -0.25) is 14.4 Å². The largest absolute Gasteiger partial charge is 0.464 e. The van der Waals surface area contributed by atoms with Gasteiger partial charge in [0.05, 0.1) is 32.8 Å². The number of Topliss-reactive ketones (excluding diaryl/α,β-unsaturated/α-hetero) is 1. The van der Waals surface area contributed by atoms with Crippen molar-refractivity contribution in [2.75, 3.05) is 26.4 Å². The molecule has 2 N–H and O–H groups in total. The number of aryl methyl sites for hydroxylation is 2. The topological polar surface area (TPSA) is 180 Å². The molecule has 0 unspecified atom stereocenters. The van der Waals surface area contributed by atoms with Crippen LogP contribution in [0.15, 0.2) is 48.5 Å². The van der Waals surface area contributed by atoms with Crippen LogP contribution in [0.25, 0.3) is 0 Å². The van der Waals surface area contributed by atoms with Crippen LogP contribution in [0.3, 0.4) is 0 Å². The number of nitrogens with one attached hydrogen (secondary N) is 2. The summed E-state index contributed by atoms with van der Waals surface area (Å²) in [6.45, 7) is 13.4. The second-order valence-electron chi connectivity index (χ2n) is 15.2. The predicted octanol–water partition coefficient (Wildman–Crippen LogP) is 8.11. The molecule has 63 heavy (non-hydrogen) atoms. The molecule has 0 radical (unpaired) electrons. The van der Waals surface area contributed by atoms with Crippen LogP contribution in [0.4, 0.5) is 0 Å². The summed E-state index contributed by atoms with van der Waals surface area (Å²) in [5, 5.41) is 4.80. The molecule has 2 amide bonds. The smallest absolute Gasteiger partial charge is 0.344 e. The Balaban J connectivity index is 0.000000630. The van der Waals surface area contributed by atoms with Gasteiger partial charge in [0.2, 0.25) is 22.9 Å². The number of ketones is 1. The van der Waals surface area contributed by atoms with Gasteiger partial charge in [0, 0.05) is 31.4 Å². The lowest BCUT2D eigenvalue weighted by molar-refractivity contribution is -0.169. The van der Waals surface area contributed by atoms with Crippen molar-refractivity contribution >= 4 is 41.5 Å². The van der Waals surface area contributed by atoms with Crippen molar-refractivity contribution in [1.29, 1.82) is 0 Å². The van der Waals surface area contributed by atoms with Crippen LogP contribution >= 0.6 is 0 Å². The molecule has 2 aromatic rings. The molecule has 2 rings (SSSR count). The first-order chi connectivity index (χ1) is 30.2. The van der Waals surface area contributed by atoms with E-state index in [1.54, 1.807) is 52.0 Å². The van der Waals surface area contributed by atoms with Crippen LogP contribution in [0.2, 0.25) is 0 Å². The maximum absolute atomic E-state index is 12.9. The zero-order valence-electron chi connectivity index (χ0n) is 39.0. The number of hydrogen-bond donors (Lipinski definition) is 2. The van der Waals surface area contributed by atoms with Crippen LogP contribution in [-0.2, 0) is 60.6 Å². The van der Waals surface area contributed by atoms with Crippen molar-refractivity contribution in [2.45, 2.75) is 163 Å². The van der Waals surface area contributed by atoms with Gasteiger partial charge in [-0.15, -0.1) is 0 Å². The molecular formula is C50H72N2O11. The molecule has 0 aliphatic rings. The molecule has 0 atom stereocenters. The monoisotopic (exact) mass is 877 g/mol. The summed E-state index contributed by atoms with van der Waals surface area (Å²) in [6.07, 6.45) is 14.0. The molecule has 348 valence electrons. The molecule has 0 saturated carbocycles. The van der Waals surface area contributed by atoms with E-state index in [1.165, 1.54) is 63.9 Å². The summed E-state index contributed by atoms with van der Waals surface area (Å²) in [7, 11) is 0. The lowest BCUT2D eigenvalue weighted by Gasteiger charge is -2.29. The Kier molecular flexibility index (Phi) is 27.6. The maximum Gasteiger partial charge on any atom is 0.344 e. The molecule has 0 spiro atoms. The van der Waals surface area contributed by atoms with Crippen molar-refractivity contribution in [3.05, 3.63) is 70.8 Å². The molecule has 0 aromatic heterocycles. The molecule has 13 nitrogen and oxygen atoms in total. The Bertz CT molecular complexity index is 1760. The Labute approximate surface area is 375 Å². The first-order valence-electron chi connectivity index (χ1n) is 22.7. The van der Waals surface area contributed by atoms with Crippen molar-refractivity contribution in [3.63, 3.8) is 0 Å². The molecular weight excluding hydrogens is 805 g/mol. The van der Waals surface area contributed by atoms with E-state index >= 15 is 0 Å². The second kappa shape index (κ2) is 31.3. The van der Waals surface area contributed by atoms with E-state index in [0.29, 0.717) is 6.42 Å². The number of carbonyl (C=O) groups excluding carboxylic acids is 7. The highest BCUT2D eigenvalue weighted by Crippen LogP contribution is 2.22. The van der Waals surface area contributed by atoms with E-state index in [2.05, 4.69) is 48.5 Å². The number of unbranched alkanes of at least 4 members (excludes halogenated alkanes) is 9. The first-order valence-corrected chi connectivity index (χ1v) is 22.7. The summed E-state index contributed by atoms with van der Waals surface area (Å²) < 4.78 is 20.2. The number of ether oxygens (including phenoxy) is 4. The number of amides is 2. The SMILES string of the molecule is CCCCCCC#Cc1ccc(C(=O)CC(NC(C)=O)(C(=O)OCC)C(=O)OCC)cc1.CCCCCCCCc1ccc(CCC(NC(C)=O)(C(=O)OCC)C(=O)OCC)cc1. The van der Waals surface area contributed by atoms with E-state index in [1.807, 2.05) is 12.1 Å². The number of rotatable bonds is 27. The quantitative estimate of drug-likeness (QED) is 0.0221. The number of esters is 4. The van der Waals surface area contributed by atoms with Gasteiger partial charge in [0.1, 0.15) is 0 Å². The highest BCUT2D eigenvalue weighted by Gasteiger charge is 2.52. The fraction of sp³-hybridized carbons (Fsp3) is 0.580. The average Bonchev–Trinajstić information content (AvgIpc) is 3.25. The highest BCUT2D eigenvalue weighted by atomic mass is 16.6. The second-order valence-corrected chi connectivity index (χ2v) is 15.2. The zero-order valence-corrected chi connectivity index (χ0v) is 39.0. The molecule has 13 heteroatoms. The van der Waals surface area contributed by atoms with Crippen LogP contribution < -0.4 is 10.6 Å². The molecule has 0 fully saturated rings. The molecule has 0 aliphatic carbocycles. The van der Waals surface area contributed by atoms with Gasteiger partial charge in [-0.1, -0.05) is 113 Å². The minimum atomic E-state index is -2.24. The van der Waals surface area contributed by atoms with Crippen LogP contribution in [0.5, 0.6) is 0 Å².